The van der Waals surface area contributed by atoms with Crippen LogP contribution in [0.15, 0.2) is 18.2 Å². The second-order valence-corrected chi connectivity index (χ2v) is 6.65. The lowest BCUT2D eigenvalue weighted by molar-refractivity contribution is -0.121. The van der Waals surface area contributed by atoms with Gasteiger partial charge in [0.1, 0.15) is 0 Å². The summed E-state index contributed by atoms with van der Waals surface area (Å²) in [7, 11) is 0. The van der Waals surface area contributed by atoms with Crippen LogP contribution in [0.2, 0.25) is 10.0 Å². The minimum absolute atomic E-state index is 0.00519. The van der Waals surface area contributed by atoms with Crippen molar-refractivity contribution < 1.29 is 4.79 Å². The van der Waals surface area contributed by atoms with Gasteiger partial charge in [-0.2, -0.15) is 0 Å². The first-order valence-corrected chi connectivity index (χ1v) is 7.80. The van der Waals surface area contributed by atoms with E-state index < -0.39 is 0 Å². The van der Waals surface area contributed by atoms with Crippen LogP contribution in [-0.4, -0.2) is 36.0 Å². The Labute approximate surface area is 129 Å². The van der Waals surface area contributed by atoms with Crippen molar-refractivity contribution in [1.82, 2.24) is 10.2 Å². The maximum absolute atomic E-state index is 12.2. The number of likely N-dealkylation sites (tertiary alicyclic amines) is 1. The van der Waals surface area contributed by atoms with E-state index in [0.29, 0.717) is 15.6 Å². The lowest BCUT2D eigenvalue weighted by Crippen LogP contribution is -2.50. The van der Waals surface area contributed by atoms with Crippen molar-refractivity contribution >= 4 is 29.1 Å². The summed E-state index contributed by atoms with van der Waals surface area (Å²) in [6, 6.07) is 5.32. The molecule has 0 atom stereocenters. The molecular formula is C15H18Cl2N2O. The summed E-state index contributed by atoms with van der Waals surface area (Å²) < 4.78 is 0. The van der Waals surface area contributed by atoms with Crippen molar-refractivity contribution in [2.75, 3.05) is 19.6 Å². The van der Waals surface area contributed by atoms with Gasteiger partial charge in [-0.25, -0.2) is 0 Å². The van der Waals surface area contributed by atoms with Crippen molar-refractivity contribution in [3.05, 3.63) is 33.8 Å². The van der Waals surface area contributed by atoms with Gasteiger partial charge >= 0.3 is 0 Å². The number of carbonyl (C=O) groups is 1. The number of nitrogens with zero attached hydrogens (tertiary/aromatic N) is 1. The van der Waals surface area contributed by atoms with E-state index in [-0.39, 0.29) is 17.9 Å². The van der Waals surface area contributed by atoms with Crippen LogP contribution in [0.3, 0.4) is 0 Å². The SMILES string of the molecule is O=C(Cc1c(Cl)cccc1Cl)NC1(CN2CCC2)CC1. The number of carbonyl (C=O) groups excluding carboxylic acids is 1. The Hall–Kier alpha value is -0.770. The summed E-state index contributed by atoms with van der Waals surface area (Å²) in [6.45, 7) is 3.30. The van der Waals surface area contributed by atoms with E-state index in [1.54, 1.807) is 18.2 Å². The Morgan fingerprint density at radius 1 is 1.25 bits per heavy atom. The van der Waals surface area contributed by atoms with E-state index in [4.69, 9.17) is 23.2 Å². The zero-order chi connectivity index (χ0) is 14.2. The van der Waals surface area contributed by atoms with Crippen LogP contribution in [0.25, 0.3) is 0 Å². The van der Waals surface area contributed by atoms with Gasteiger partial charge in [0.25, 0.3) is 0 Å². The number of hydrogen-bond acceptors (Lipinski definition) is 2. The molecule has 1 aromatic carbocycles. The molecule has 0 radical (unpaired) electrons. The van der Waals surface area contributed by atoms with Gasteiger partial charge in [-0.1, -0.05) is 29.3 Å². The summed E-state index contributed by atoms with van der Waals surface area (Å²) in [5.74, 6) is 0.0121. The maximum Gasteiger partial charge on any atom is 0.225 e. The number of amides is 1. The minimum atomic E-state index is 0.00519. The lowest BCUT2D eigenvalue weighted by Gasteiger charge is -2.34. The number of halogens is 2. The molecule has 1 heterocycles. The summed E-state index contributed by atoms with van der Waals surface area (Å²) >= 11 is 12.2. The molecule has 0 spiro atoms. The average molecular weight is 313 g/mol. The highest BCUT2D eigenvalue weighted by atomic mass is 35.5. The predicted molar refractivity (Wildman–Crippen MR) is 81.3 cm³/mol. The first-order valence-electron chi connectivity index (χ1n) is 7.04. The smallest absolute Gasteiger partial charge is 0.225 e. The fourth-order valence-corrected chi connectivity index (χ4v) is 3.17. The quantitative estimate of drug-likeness (QED) is 0.906. The molecule has 2 fully saturated rings. The molecule has 2 aliphatic rings. The van der Waals surface area contributed by atoms with Gasteiger partial charge in [-0.3, -0.25) is 4.79 Å². The number of rotatable bonds is 5. The van der Waals surface area contributed by atoms with Crippen molar-refractivity contribution in [2.24, 2.45) is 0 Å². The summed E-state index contributed by atoms with van der Waals surface area (Å²) in [5, 5.41) is 4.28. The molecule has 1 N–H and O–H groups in total. The molecule has 5 heteroatoms. The Bertz CT molecular complexity index is 504. The van der Waals surface area contributed by atoms with Crippen LogP contribution in [0, 0.1) is 0 Å². The molecule has 108 valence electrons. The van der Waals surface area contributed by atoms with Gasteiger partial charge in [0.2, 0.25) is 5.91 Å². The molecule has 3 rings (SSSR count). The Morgan fingerprint density at radius 2 is 1.90 bits per heavy atom. The number of hydrogen-bond donors (Lipinski definition) is 1. The fourth-order valence-electron chi connectivity index (χ4n) is 2.64. The minimum Gasteiger partial charge on any atom is -0.349 e. The Morgan fingerprint density at radius 3 is 2.40 bits per heavy atom. The van der Waals surface area contributed by atoms with Crippen LogP contribution in [0.1, 0.15) is 24.8 Å². The normalized spacial score (nSPS) is 20.3. The third kappa shape index (κ3) is 3.11. The van der Waals surface area contributed by atoms with Crippen molar-refractivity contribution in [1.29, 1.82) is 0 Å². The van der Waals surface area contributed by atoms with E-state index in [1.807, 2.05) is 0 Å². The van der Waals surface area contributed by atoms with Crippen LogP contribution in [0.5, 0.6) is 0 Å². The Kier molecular flexibility index (Phi) is 3.93. The highest BCUT2D eigenvalue weighted by Crippen LogP contribution is 2.37. The van der Waals surface area contributed by atoms with E-state index in [2.05, 4.69) is 10.2 Å². The molecule has 1 aliphatic heterocycles. The van der Waals surface area contributed by atoms with Gasteiger partial charge < -0.3 is 10.2 Å². The molecule has 1 aliphatic carbocycles. The standard InChI is InChI=1S/C15H18Cl2N2O/c16-12-3-1-4-13(17)11(12)9-14(20)18-15(5-6-15)10-19-7-2-8-19/h1,3-4H,2,5-10H2,(H,18,20). The molecule has 0 unspecified atom stereocenters. The highest BCUT2D eigenvalue weighted by molar-refractivity contribution is 6.36. The van der Waals surface area contributed by atoms with Crippen molar-refractivity contribution in [3.8, 4) is 0 Å². The molecular weight excluding hydrogens is 295 g/mol. The van der Waals surface area contributed by atoms with Gasteiger partial charge in [0, 0.05) is 16.6 Å². The second-order valence-electron chi connectivity index (χ2n) is 5.84. The van der Waals surface area contributed by atoms with E-state index in [1.165, 1.54) is 6.42 Å². The zero-order valence-electron chi connectivity index (χ0n) is 11.3. The first-order chi connectivity index (χ1) is 9.58. The number of benzene rings is 1. The topological polar surface area (TPSA) is 32.3 Å². The lowest BCUT2D eigenvalue weighted by atomic mass is 10.1. The summed E-state index contributed by atoms with van der Waals surface area (Å²) in [5.41, 5.74) is 0.721. The molecule has 1 saturated heterocycles. The van der Waals surface area contributed by atoms with Gasteiger partial charge in [0.15, 0.2) is 0 Å². The molecule has 0 aromatic heterocycles. The van der Waals surface area contributed by atoms with Crippen LogP contribution >= 0.6 is 23.2 Å². The molecule has 0 bridgehead atoms. The third-order valence-electron chi connectivity index (χ3n) is 4.13. The van der Waals surface area contributed by atoms with Gasteiger partial charge in [-0.05, 0) is 50.0 Å². The summed E-state index contributed by atoms with van der Waals surface area (Å²) in [4.78, 5) is 14.6. The van der Waals surface area contributed by atoms with Crippen molar-refractivity contribution in [2.45, 2.75) is 31.2 Å². The molecule has 20 heavy (non-hydrogen) atoms. The van der Waals surface area contributed by atoms with E-state index in [0.717, 1.165) is 32.5 Å². The number of nitrogens with one attached hydrogen (secondary N) is 1. The molecule has 1 saturated carbocycles. The molecule has 3 nitrogen and oxygen atoms in total. The Balaban J connectivity index is 1.59. The summed E-state index contributed by atoms with van der Waals surface area (Å²) in [6.07, 6.45) is 3.68. The van der Waals surface area contributed by atoms with Crippen molar-refractivity contribution in [3.63, 3.8) is 0 Å². The molecule has 1 aromatic rings. The fraction of sp³-hybridized carbons (Fsp3) is 0.533. The van der Waals surface area contributed by atoms with E-state index in [9.17, 15) is 4.79 Å². The zero-order valence-corrected chi connectivity index (χ0v) is 12.8. The predicted octanol–water partition coefficient (Wildman–Crippen LogP) is 2.89. The van der Waals surface area contributed by atoms with Gasteiger partial charge in [0.05, 0.1) is 12.0 Å². The first kappa shape index (κ1) is 14.2. The van der Waals surface area contributed by atoms with Crippen LogP contribution < -0.4 is 5.32 Å². The van der Waals surface area contributed by atoms with Gasteiger partial charge in [-0.15, -0.1) is 0 Å². The second kappa shape index (κ2) is 5.55. The van der Waals surface area contributed by atoms with Crippen LogP contribution in [0.4, 0.5) is 0 Å². The molecule has 1 amide bonds. The van der Waals surface area contributed by atoms with Crippen LogP contribution in [-0.2, 0) is 11.2 Å². The monoisotopic (exact) mass is 312 g/mol. The third-order valence-corrected chi connectivity index (χ3v) is 4.84. The highest BCUT2D eigenvalue weighted by Gasteiger charge is 2.45. The maximum atomic E-state index is 12.2. The van der Waals surface area contributed by atoms with E-state index >= 15 is 0 Å². The largest absolute Gasteiger partial charge is 0.349 e. The average Bonchev–Trinajstić information content (AvgIpc) is 3.09.